The Hall–Kier alpha value is -1.67. The van der Waals surface area contributed by atoms with Crippen LogP contribution in [0.2, 0.25) is 0 Å². The van der Waals surface area contributed by atoms with Gasteiger partial charge in [-0.25, -0.2) is 23.1 Å². The molecule has 0 unspecified atom stereocenters. The van der Waals surface area contributed by atoms with Crippen molar-refractivity contribution in [3.05, 3.63) is 24.2 Å². The van der Waals surface area contributed by atoms with Crippen molar-refractivity contribution in [3.63, 3.8) is 0 Å². The zero-order valence-electron chi connectivity index (χ0n) is 10.9. The average Bonchev–Trinajstić information content (AvgIpc) is 2.72. The van der Waals surface area contributed by atoms with Crippen LogP contribution in [0.15, 0.2) is 18.5 Å². The third kappa shape index (κ3) is 3.42. The van der Waals surface area contributed by atoms with Crippen LogP contribution in [0.25, 0.3) is 5.52 Å². The maximum absolute atomic E-state index is 10.9. The van der Waals surface area contributed by atoms with Gasteiger partial charge < -0.3 is 5.32 Å². The second-order valence-electron chi connectivity index (χ2n) is 4.62. The predicted octanol–water partition coefficient (Wildman–Crippen LogP) is 0.553. The van der Waals surface area contributed by atoms with Crippen molar-refractivity contribution in [2.75, 3.05) is 17.6 Å². The van der Waals surface area contributed by atoms with Crippen molar-refractivity contribution in [2.45, 2.75) is 19.8 Å². The molecule has 104 valence electrons. The van der Waals surface area contributed by atoms with E-state index in [0.29, 0.717) is 11.7 Å². The topological polar surface area (TPSA) is 102 Å². The minimum absolute atomic E-state index is 0.138. The lowest BCUT2D eigenvalue weighted by Crippen LogP contribution is -2.22. The van der Waals surface area contributed by atoms with Gasteiger partial charge in [0.05, 0.1) is 11.4 Å². The lowest BCUT2D eigenvalue weighted by atomic mass is 10.1. The molecule has 0 aromatic carbocycles. The van der Waals surface area contributed by atoms with E-state index in [-0.39, 0.29) is 12.3 Å². The van der Waals surface area contributed by atoms with E-state index in [0.717, 1.165) is 11.2 Å². The molecule has 0 aliphatic rings. The Labute approximate surface area is 111 Å². The number of hydrogen-bond donors (Lipinski definition) is 2. The Morgan fingerprint density at radius 3 is 2.84 bits per heavy atom. The number of sulfonamides is 1. The highest BCUT2D eigenvalue weighted by molar-refractivity contribution is 7.89. The zero-order valence-corrected chi connectivity index (χ0v) is 11.7. The van der Waals surface area contributed by atoms with Gasteiger partial charge in [-0.05, 0) is 12.0 Å². The summed E-state index contributed by atoms with van der Waals surface area (Å²) in [6.45, 7) is 4.33. The summed E-state index contributed by atoms with van der Waals surface area (Å²) in [5.41, 5.74) is 1.78. The van der Waals surface area contributed by atoms with Gasteiger partial charge in [0.15, 0.2) is 5.82 Å². The van der Waals surface area contributed by atoms with Crippen LogP contribution < -0.4 is 10.5 Å². The van der Waals surface area contributed by atoms with Gasteiger partial charge in [0.2, 0.25) is 10.0 Å². The minimum atomic E-state index is -3.47. The van der Waals surface area contributed by atoms with Crippen molar-refractivity contribution in [2.24, 2.45) is 5.14 Å². The summed E-state index contributed by atoms with van der Waals surface area (Å²) in [7, 11) is -3.47. The average molecular weight is 283 g/mol. The van der Waals surface area contributed by atoms with Crippen molar-refractivity contribution < 1.29 is 8.42 Å². The van der Waals surface area contributed by atoms with Crippen LogP contribution in [-0.2, 0) is 10.0 Å². The van der Waals surface area contributed by atoms with Crippen LogP contribution in [-0.4, -0.2) is 35.3 Å². The van der Waals surface area contributed by atoms with Gasteiger partial charge in [-0.15, -0.1) is 0 Å². The Balaban J connectivity index is 2.23. The first kappa shape index (κ1) is 13.8. The van der Waals surface area contributed by atoms with E-state index in [1.807, 2.05) is 6.07 Å². The molecule has 0 spiro atoms. The third-order valence-electron chi connectivity index (χ3n) is 2.68. The number of primary sulfonamides is 1. The smallest absolute Gasteiger partial charge is 0.210 e. The largest absolute Gasteiger partial charge is 0.367 e. The molecule has 0 aliphatic carbocycles. The second kappa shape index (κ2) is 5.14. The maximum Gasteiger partial charge on any atom is 0.210 e. The van der Waals surface area contributed by atoms with E-state index in [1.165, 1.54) is 0 Å². The first-order chi connectivity index (χ1) is 8.87. The number of rotatable bonds is 5. The third-order valence-corrected chi connectivity index (χ3v) is 3.45. The number of nitrogens with zero attached hydrogens (tertiary/aromatic N) is 3. The number of nitrogens with one attached hydrogen (secondary N) is 1. The van der Waals surface area contributed by atoms with Crippen LogP contribution in [0, 0.1) is 0 Å². The molecule has 0 radical (unpaired) electrons. The summed E-state index contributed by atoms with van der Waals surface area (Å²) in [6, 6.07) is 1.94. The molecule has 8 heteroatoms. The van der Waals surface area contributed by atoms with E-state index in [4.69, 9.17) is 5.14 Å². The number of nitrogens with two attached hydrogens (primary N) is 1. The molecule has 2 aromatic rings. The molecule has 7 nitrogen and oxygen atoms in total. The quantitative estimate of drug-likeness (QED) is 0.834. The minimum Gasteiger partial charge on any atom is -0.367 e. The fourth-order valence-corrected chi connectivity index (χ4v) is 2.06. The van der Waals surface area contributed by atoms with Crippen LogP contribution in [0.3, 0.4) is 0 Å². The molecular formula is C11H17N5O2S. The predicted molar refractivity (Wildman–Crippen MR) is 73.5 cm³/mol. The second-order valence-corrected chi connectivity index (χ2v) is 6.36. The number of hydrogen-bond acceptors (Lipinski definition) is 5. The van der Waals surface area contributed by atoms with E-state index < -0.39 is 10.0 Å². The normalized spacial score (nSPS) is 12.2. The van der Waals surface area contributed by atoms with Crippen LogP contribution in [0.5, 0.6) is 0 Å². The highest BCUT2D eigenvalue weighted by atomic mass is 32.2. The summed E-state index contributed by atoms with van der Waals surface area (Å²) in [6.07, 6.45) is 3.37. The number of anilines is 1. The lowest BCUT2D eigenvalue weighted by molar-refractivity contribution is 0.598. The first-order valence-electron chi connectivity index (χ1n) is 5.95. The molecule has 0 bridgehead atoms. The lowest BCUT2D eigenvalue weighted by Gasteiger charge is -2.05. The van der Waals surface area contributed by atoms with Gasteiger partial charge >= 0.3 is 0 Å². The fourth-order valence-electron chi connectivity index (χ4n) is 1.67. The number of fused-ring (bicyclic) bond motifs is 1. The Kier molecular flexibility index (Phi) is 3.72. The van der Waals surface area contributed by atoms with E-state index >= 15 is 0 Å². The monoisotopic (exact) mass is 283 g/mol. The summed E-state index contributed by atoms with van der Waals surface area (Å²) >= 11 is 0. The maximum atomic E-state index is 10.9. The summed E-state index contributed by atoms with van der Waals surface area (Å²) in [5, 5.41) is 12.3. The Morgan fingerprint density at radius 1 is 1.47 bits per heavy atom. The Bertz CT molecular complexity index is 677. The van der Waals surface area contributed by atoms with Gasteiger partial charge in [-0.3, -0.25) is 0 Å². The van der Waals surface area contributed by atoms with Crippen molar-refractivity contribution >= 4 is 21.4 Å². The summed E-state index contributed by atoms with van der Waals surface area (Å²) < 4.78 is 23.5. The molecule has 2 aromatic heterocycles. The molecule has 0 saturated heterocycles. The summed E-state index contributed by atoms with van der Waals surface area (Å²) in [5.74, 6) is 0.781. The van der Waals surface area contributed by atoms with Gasteiger partial charge in [0.1, 0.15) is 5.52 Å². The molecule has 0 saturated carbocycles. The zero-order chi connectivity index (χ0) is 14.0. The molecular weight excluding hydrogens is 266 g/mol. The molecule has 19 heavy (non-hydrogen) atoms. The highest BCUT2D eigenvalue weighted by Crippen LogP contribution is 2.19. The fraction of sp³-hybridized carbons (Fsp3) is 0.455. The van der Waals surface area contributed by atoms with E-state index in [9.17, 15) is 8.42 Å². The molecule has 2 rings (SSSR count). The van der Waals surface area contributed by atoms with E-state index in [2.05, 4.69) is 29.2 Å². The summed E-state index contributed by atoms with van der Waals surface area (Å²) in [4.78, 5) is 4.19. The molecule has 0 atom stereocenters. The standard InChI is InChI=1S/C11H17N5O2S/c1-8(2)9-7-10-11(13-3-5-16(10)15-9)14-4-6-19(12,17)18/h3,5,7-8H,4,6H2,1-2H3,(H,13,14)(H2,12,17,18). The van der Waals surface area contributed by atoms with Crippen LogP contribution >= 0.6 is 0 Å². The first-order valence-corrected chi connectivity index (χ1v) is 7.67. The van der Waals surface area contributed by atoms with Crippen molar-refractivity contribution in [3.8, 4) is 0 Å². The highest BCUT2D eigenvalue weighted by Gasteiger charge is 2.10. The van der Waals surface area contributed by atoms with Gasteiger partial charge in [-0.2, -0.15) is 5.10 Å². The van der Waals surface area contributed by atoms with Gasteiger partial charge in [-0.1, -0.05) is 13.8 Å². The molecule has 3 N–H and O–H groups in total. The van der Waals surface area contributed by atoms with E-state index in [1.54, 1.807) is 16.9 Å². The SMILES string of the molecule is CC(C)c1cc2c(NCCS(N)(=O)=O)nccn2n1. The number of aromatic nitrogens is 3. The van der Waals surface area contributed by atoms with Gasteiger partial charge in [0, 0.05) is 18.9 Å². The van der Waals surface area contributed by atoms with Crippen molar-refractivity contribution in [1.82, 2.24) is 14.6 Å². The Morgan fingerprint density at radius 2 is 2.21 bits per heavy atom. The van der Waals surface area contributed by atoms with Crippen molar-refractivity contribution in [1.29, 1.82) is 0 Å². The van der Waals surface area contributed by atoms with Gasteiger partial charge in [0.25, 0.3) is 0 Å². The van der Waals surface area contributed by atoms with Crippen LogP contribution in [0.4, 0.5) is 5.82 Å². The molecule has 0 aliphatic heterocycles. The van der Waals surface area contributed by atoms with Crippen LogP contribution in [0.1, 0.15) is 25.5 Å². The molecule has 0 amide bonds. The molecule has 2 heterocycles. The molecule has 0 fully saturated rings.